The molecule has 0 N–H and O–H groups in total. The fourth-order valence-electron chi connectivity index (χ4n) is 2.89. The molecule has 2 heterocycles. The number of pyridine rings is 1. The summed E-state index contributed by atoms with van der Waals surface area (Å²) in [5.74, 6) is 1.48. The Balaban J connectivity index is 1.88. The minimum Gasteiger partial charge on any atom is -0.299 e. The number of hydrogen-bond acceptors (Lipinski definition) is 2. The number of rotatable bonds is 3. The summed E-state index contributed by atoms with van der Waals surface area (Å²) in [6.45, 7) is 7.66. The molecular weight excluding hydrogens is 244 g/mol. The zero-order valence-electron chi connectivity index (χ0n) is 12.3. The fraction of sp³-hybridized carbons (Fsp3) is 0.333. The van der Waals surface area contributed by atoms with Crippen molar-refractivity contribution in [3.8, 4) is 0 Å². The van der Waals surface area contributed by atoms with E-state index < -0.39 is 0 Å². The first-order valence-electron chi connectivity index (χ1n) is 7.28. The largest absolute Gasteiger partial charge is 0.299 e. The number of benzene rings is 1. The van der Waals surface area contributed by atoms with E-state index in [1.54, 1.807) is 0 Å². The summed E-state index contributed by atoms with van der Waals surface area (Å²) < 4.78 is 0. The first kappa shape index (κ1) is 13.3. The van der Waals surface area contributed by atoms with Crippen LogP contribution in [0.4, 0.5) is 0 Å². The van der Waals surface area contributed by atoms with Gasteiger partial charge < -0.3 is 0 Å². The molecule has 1 aromatic carbocycles. The van der Waals surface area contributed by atoms with Crippen molar-refractivity contribution in [3.05, 3.63) is 54.2 Å². The van der Waals surface area contributed by atoms with Crippen LogP contribution in [0.5, 0.6) is 0 Å². The smallest absolute Gasteiger partial charge is 0.0737 e. The van der Waals surface area contributed by atoms with Gasteiger partial charge in [0.25, 0.3) is 0 Å². The summed E-state index contributed by atoms with van der Waals surface area (Å²) in [6.07, 6.45) is 5.37. The van der Waals surface area contributed by atoms with Crippen LogP contribution in [0.3, 0.4) is 0 Å². The number of hydrogen-bond donors (Lipinski definition) is 0. The molecule has 1 aliphatic heterocycles. The van der Waals surface area contributed by atoms with Gasteiger partial charge in [-0.3, -0.25) is 9.88 Å². The van der Waals surface area contributed by atoms with Crippen LogP contribution in [0.1, 0.15) is 26.0 Å². The lowest BCUT2D eigenvalue weighted by Gasteiger charge is -2.27. The fourth-order valence-corrected chi connectivity index (χ4v) is 2.89. The Kier molecular flexibility index (Phi) is 3.83. The Morgan fingerprint density at radius 3 is 2.80 bits per heavy atom. The third-order valence-corrected chi connectivity index (χ3v) is 3.81. The quantitative estimate of drug-likeness (QED) is 0.835. The van der Waals surface area contributed by atoms with Crippen molar-refractivity contribution in [1.29, 1.82) is 0 Å². The molecule has 20 heavy (non-hydrogen) atoms. The van der Waals surface area contributed by atoms with Gasteiger partial charge in [0.05, 0.1) is 5.69 Å². The van der Waals surface area contributed by atoms with Crippen molar-refractivity contribution in [3.63, 3.8) is 0 Å². The van der Waals surface area contributed by atoms with Crippen LogP contribution < -0.4 is 0 Å². The molecular formula is C18H21N2. The highest BCUT2D eigenvalue weighted by Gasteiger charge is 2.16. The third-order valence-electron chi connectivity index (χ3n) is 3.81. The first-order chi connectivity index (χ1) is 9.74. The highest BCUT2D eigenvalue weighted by atomic mass is 15.1. The normalized spacial score (nSPS) is 16.6. The van der Waals surface area contributed by atoms with E-state index in [0.29, 0.717) is 0 Å². The van der Waals surface area contributed by atoms with E-state index >= 15 is 0 Å². The molecule has 0 spiro atoms. The average Bonchev–Trinajstić information content (AvgIpc) is 2.47. The summed E-state index contributed by atoms with van der Waals surface area (Å²) in [5, 5.41) is 2.55. The summed E-state index contributed by atoms with van der Waals surface area (Å²) >= 11 is 0. The molecule has 2 heteroatoms. The molecule has 1 aliphatic rings. The SMILES string of the molecule is C[C](C)CN1CC=C(c2nccc3ccccc23)CC1. The van der Waals surface area contributed by atoms with Gasteiger partial charge in [0, 0.05) is 31.2 Å². The lowest BCUT2D eigenvalue weighted by molar-refractivity contribution is 0.313. The van der Waals surface area contributed by atoms with E-state index in [4.69, 9.17) is 0 Å². The van der Waals surface area contributed by atoms with Crippen LogP contribution in [0, 0.1) is 5.92 Å². The molecule has 0 fully saturated rings. The van der Waals surface area contributed by atoms with Gasteiger partial charge in [0.15, 0.2) is 0 Å². The predicted molar refractivity (Wildman–Crippen MR) is 85.4 cm³/mol. The minimum atomic E-state index is 1.03. The standard InChI is InChI=1S/C18H21N2/c1-14(2)13-20-11-8-16(9-12-20)18-17-6-4-3-5-15(17)7-10-19-18/h3-8,10H,9,11-13H2,1-2H3. The maximum absolute atomic E-state index is 4.62. The van der Waals surface area contributed by atoms with Crippen LogP contribution in [-0.2, 0) is 0 Å². The van der Waals surface area contributed by atoms with Crippen molar-refractivity contribution in [2.75, 3.05) is 19.6 Å². The Labute approximate surface area is 121 Å². The van der Waals surface area contributed by atoms with Gasteiger partial charge in [0.2, 0.25) is 0 Å². The zero-order valence-corrected chi connectivity index (χ0v) is 12.3. The summed E-state index contributed by atoms with van der Waals surface area (Å²) in [7, 11) is 0. The molecule has 103 valence electrons. The Morgan fingerprint density at radius 2 is 2.05 bits per heavy atom. The second-order valence-corrected chi connectivity index (χ2v) is 5.80. The van der Waals surface area contributed by atoms with E-state index in [-0.39, 0.29) is 0 Å². The third kappa shape index (κ3) is 2.75. The molecule has 1 aromatic heterocycles. The maximum Gasteiger partial charge on any atom is 0.0737 e. The number of fused-ring (bicyclic) bond motifs is 1. The van der Waals surface area contributed by atoms with Crippen LogP contribution in [0.25, 0.3) is 16.3 Å². The monoisotopic (exact) mass is 265 g/mol. The molecule has 0 saturated carbocycles. The topological polar surface area (TPSA) is 16.1 Å². The van der Waals surface area contributed by atoms with Crippen LogP contribution in [-0.4, -0.2) is 29.5 Å². The van der Waals surface area contributed by atoms with Gasteiger partial charge >= 0.3 is 0 Å². The molecule has 0 bridgehead atoms. The molecule has 2 aromatic rings. The summed E-state index contributed by atoms with van der Waals surface area (Å²) in [6, 6.07) is 10.6. The molecule has 0 aliphatic carbocycles. The van der Waals surface area contributed by atoms with E-state index in [2.05, 4.69) is 60.1 Å². The van der Waals surface area contributed by atoms with Gasteiger partial charge in [-0.25, -0.2) is 0 Å². The second-order valence-electron chi connectivity index (χ2n) is 5.80. The summed E-state index contributed by atoms with van der Waals surface area (Å²) in [4.78, 5) is 7.11. The lowest BCUT2D eigenvalue weighted by Crippen LogP contribution is -2.31. The molecule has 0 atom stereocenters. The Hall–Kier alpha value is -1.67. The number of nitrogens with zero attached hydrogens (tertiary/aromatic N) is 2. The molecule has 2 nitrogen and oxygen atoms in total. The van der Waals surface area contributed by atoms with Gasteiger partial charge in [-0.15, -0.1) is 0 Å². The van der Waals surface area contributed by atoms with Gasteiger partial charge in [-0.2, -0.15) is 0 Å². The van der Waals surface area contributed by atoms with Crippen molar-refractivity contribution >= 4 is 16.3 Å². The first-order valence-corrected chi connectivity index (χ1v) is 7.28. The zero-order chi connectivity index (χ0) is 13.9. The van der Waals surface area contributed by atoms with Gasteiger partial charge in [-0.05, 0) is 29.4 Å². The Morgan fingerprint density at radius 1 is 1.20 bits per heavy atom. The van der Waals surface area contributed by atoms with E-state index in [0.717, 1.165) is 26.1 Å². The van der Waals surface area contributed by atoms with Crippen LogP contribution >= 0.6 is 0 Å². The Bertz CT molecular complexity index is 623. The van der Waals surface area contributed by atoms with Crippen molar-refractivity contribution in [1.82, 2.24) is 9.88 Å². The van der Waals surface area contributed by atoms with Crippen molar-refractivity contribution in [2.45, 2.75) is 20.3 Å². The van der Waals surface area contributed by atoms with Gasteiger partial charge in [0.1, 0.15) is 0 Å². The molecule has 0 amide bonds. The van der Waals surface area contributed by atoms with E-state index in [1.165, 1.54) is 28.0 Å². The predicted octanol–water partition coefficient (Wildman–Crippen LogP) is 3.94. The van der Waals surface area contributed by atoms with Crippen LogP contribution in [0.15, 0.2) is 42.6 Å². The molecule has 0 unspecified atom stereocenters. The number of aromatic nitrogens is 1. The molecule has 3 rings (SSSR count). The molecule has 0 saturated heterocycles. The summed E-state index contributed by atoms with van der Waals surface area (Å²) in [5.41, 5.74) is 2.56. The second kappa shape index (κ2) is 5.76. The minimum absolute atomic E-state index is 1.03. The van der Waals surface area contributed by atoms with Crippen molar-refractivity contribution < 1.29 is 0 Å². The highest BCUT2D eigenvalue weighted by molar-refractivity contribution is 5.92. The maximum atomic E-state index is 4.62. The van der Waals surface area contributed by atoms with Gasteiger partial charge in [-0.1, -0.05) is 44.2 Å². The molecule has 1 radical (unpaired) electrons. The lowest BCUT2D eigenvalue weighted by atomic mass is 9.99. The van der Waals surface area contributed by atoms with Crippen LogP contribution in [0.2, 0.25) is 0 Å². The van der Waals surface area contributed by atoms with E-state index in [9.17, 15) is 0 Å². The van der Waals surface area contributed by atoms with Crippen molar-refractivity contribution in [2.24, 2.45) is 0 Å². The highest BCUT2D eigenvalue weighted by Crippen LogP contribution is 2.27. The average molecular weight is 265 g/mol. The van der Waals surface area contributed by atoms with E-state index in [1.807, 2.05) is 6.20 Å².